The van der Waals surface area contributed by atoms with Gasteiger partial charge in [0, 0.05) is 14.1 Å². The molecular weight excluding hydrogens is 164 g/mol. The van der Waals surface area contributed by atoms with E-state index in [4.69, 9.17) is 4.84 Å². The Bertz CT molecular complexity index is 257. The highest BCUT2D eigenvalue weighted by Crippen LogP contribution is 1.99. The molecule has 0 atom stereocenters. The summed E-state index contributed by atoms with van der Waals surface area (Å²) in [4.78, 5) is 6.88. The van der Waals surface area contributed by atoms with E-state index in [1.165, 1.54) is 0 Å². The first-order chi connectivity index (χ1) is 6.29. The molecule has 0 fully saturated rings. The highest BCUT2D eigenvalue weighted by molar-refractivity contribution is 5.52. The summed E-state index contributed by atoms with van der Waals surface area (Å²) < 4.78 is 0. The predicted octanol–water partition coefficient (Wildman–Crippen LogP) is 1.71. The van der Waals surface area contributed by atoms with Gasteiger partial charge in [0.15, 0.2) is 0 Å². The molecule has 0 heterocycles. The zero-order chi connectivity index (χ0) is 9.52. The molecule has 0 aliphatic carbocycles. The fourth-order valence-corrected chi connectivity index (χ4v) is 0.814. The van der Waals surface area contributed by atoms with Crippen molar-refractivity contribution in [2.24, 2.45) is 5.16 Å². The number of benzene rings is 1. The fraction of sp³-hybridized carbons (Fsp3) is 0.300. The molecule has 0 aliphatic rings. The summed E-state index contributed by atoms with van der Waals surface area (Å²) in [6.45, 7) is 0.519. The minimum Gasteiger partial charge on any atom is -0.390 e. The van der Waals surface area contributed by atoms with Gasteiger partial charge in [0.05, 0.1) is 0 Å². The third kappa shape index (κ3) is 4.15. The van der Waals surface area contributed by atoms with E-state index in [1.807, 2.05) is 49.3 Å². The number of hydrogen-bond acceptors (Lipinski definition) is 2. The second-order valence-electron chi connectivity index (χ2n) is 2.94. The van der Waals surface area contributed by atoms with Gasteiger partial charge in [-0.2, -0.15) is 0 Å². The second-order valence-corrected chi connectivity index (χ2v) is 2.94. The Balaban J connectivity index is 2.28. The van der Waals surface area contributed by atoms with Crippen molar-refractivity contribution in [3.63, 3.8) is 0 Å². The molecule has 0 bridgehead atoms. The topological polar surface area (TPSA) is 24.8 Å². The van der Waals surface area contributed by atoms with Crippen LogP contribution in [-0.2, 0) is 11.4 Å². The van der Waals surface area contributed by atoms with Crippen LogP contribution in [0, 0.1) is 0 Å². The van der Waals surface area contributed by atoms with Crippen LogP contribution in [0.4, 0.5) is 0 Å². The van der Waals surface area contributed by atoms with Gasteiger partial charge in [-0.25, -0.2) is 0 Å². The van der Waals surface area contributed by atoms with Crippen LogP contribution in [-0.4, -0.2) is 25.3 Å². The van der Waals surface area contributed by atoms with Crippen molar-refractivity contribution in [3.05, 3.63) is 35.9 Å². The average Bonchev–Trinajstić information content (AvgIpc) is 2.14. The number of oxime groups is 1. The van der Waals surface area contributed by atoms with Crippen LogP contribution < -0.4 is 0 Å². The summed E-state index contributed by atoms with van der Waals surface area (Å²) in [6.07, 6.45) is 1.63. The van der Waals surface area contributed by atoms with Gasteiger partial charge in [-0.15, -0.1) is 0 Å². The molecule has 0 saturated heterocycles. The number of rotatable bonds is 4. The molecular formula is C10H14N2O. The first-order valence-electron chi connectivity index (χ1n) is 4.15. The molecule has 0 aliphatic heterocycles. The number of hydrogen-bond donors (Lipinski definition) is 0. The summed E-state index contributed by atoms with van der Waals surface area (Å²) in [7, 11) is 3.80. The van der Waals surface area contributed by atoms with Crippen LogP contribution in [0.15, 0.2) is 35.5 Å². The van der Waals surface area contributed by atoms with E-state index >= 15 is 0 Å². The maximum Gasteiger partial charge on any atom is 0.142 e. The van der Waals surface area contributed by atoms with E-state index in [1.54, 1.807) is 6.34 Å². The highest BCUT2D eigenvalue weighted by Gasteiger charge is 1.88. The van der Waals surface area contributed by atoms with Gasteiger partial charge in [0.2, 0.25) is 0 Å². The quantitative estimate of drug-likeness (QED) is 0.398. The van der Waals surface area contributed by atoms with Gasteiger partial charge in [0.1, 0.15) is 12.9 Å². The second kappa shape index (κ2) is 5.19. The Morgan fingerprint density at radius 1 is 1.31 bits per heavy atom. The summed E-state index contributed by atoms with van der Waals surface area (Å²) in [5.74, 6) is 0. The minimum atomic E-state index is 0.519. The Kier molecular flexibility index (Phi) is 3.82. The van der Waals surface area contributed by atoms with E-state index in [2.05, 4.69) is 5.16 Å². The Hall–Kier alpha value is -1.51. The van der Waals surface area contributed by atoms with E-state index in [9.17, 15) is 0 Å². The molecule has 0 radical (unpaired) electrons. The molecule has 70 valence electrons. The molecule has 0 N–H and O–H groups in total. The van der Waals surface area contributed by atoms with Crippen LogP contribution in [0.3, 0.4) is 0 Å². The van der Waals surface area contributed by atoms with Gasteiger partial charge in [-0.05, 0) is 5.56 Å². The monoisotopic (exact) mass is 178 g/mol. The summed E-state index contributed by atoms with van der Waals surface area (Å²) >= 11 is 0. The molecule has 13 heavy (non-hydrogen) atoms. The molecule has 0 amide bonds. The molecule has 1 aromatic rings. The third-order valence-corrected chi connectivity index (χ3v) is 1.43. The van der Waals surface area contributed by atoms with E-state index in [-0.39, 0.29) is 0 Å². The molecule has 0 unspecified atom stereocenters. The van der Waals surface area contributed by atoms with Crippen molar-refractivity contribution < 1.29 is 4.84 Å². The van der Waals surface area contributed by atoms with E-state index in [0.29, 0.717) is 6.61 Å². The van der Waals surface area contributed by atoms with Gasteiger partial charge in [0.25, 0.3) is 0 Å². The van der Waals surface area contributed by atoms with Crippen LogP contribution in [0.5, 0.6) is 0 Å². The lowest BCUT2D eigenvalue weighted by atomic mass is 10.2. The average molecular weight is 178 g/mol. The van der Waals surface area contributed by atoms with E-state index in [0.717, 1.165) is 5.56 Å². The minimum absolute atomic E-state index is 0.519. The van der Waals surface area contributed by atoms with Crippen LogP contribution >= 0.6 is 0 Å². The van der Waals surface area contributed by atoms with E-state index < -0.39 is 0 Å². The van der Waals surface area contributed by atoms with Crippen molar-refractivity contribution in [2.45, 2.75) is 6.61 Å². The third-order valence-electron chi connectivity index (χ3n) is 1.43. The van der Waals surface area contributed by atoms with Crippen LogP contribution in [0.2, 0.25) is 0 Å². The van der Waals surface area contributed by atoms with Gasteiger partial charge in [-0.1, -0.05) is 35.5 Å². The summed E-state index contributed by atoms with van der Waals surface area (Å²) in [5, 5.41) is 3.77. The summed E-state index contributed by atoms with van der Waals surface area (Å²) in [6, 6.07) is 9.95. The lowest BCUT2D eigenvalue weighted by molar-refractivity contribution is 0.129. The molecule has 0 spiro atoms. The van der Waals surface area contributed by atoms with Gasteiger partial charge in [-0.3, -0.25) is 0 Å². The standard InChI is InChI=1S/C10H14N2O/c1-12(2)9-11-13-8-10-6-4-3-5-7-10/h3-7,9H,8H2,1-2H3. The fourth-order valence-electron chi connectivity index (χ4n) is 0.814. The number of nitrogens with zero attached hydrogens (tertiary/aromatic N) is 2. The largest absolute Gasteiger partial charge is 0.390 e. The Morgan fingerprint density at radius 2 is 2.00 bits per heavy atom. The molecule has 0 saturated carbocycles. The maximum atomic E-state index is 5.06. The molecule has 1 aromatic carbocycles. The first kappa shape index (κ1) is 9.58. The van der Waals surface area contributed by atoms with Crippen molar-refractivity contribution in [1.29, 1.82) is 0 Å². The van der Waals surface area contributed by atoms with Gasteiger partial charge < -0.3 is 9.74 Å². The lowest BCUT2D eigenvalue weighted by Crippen LogP contribution is -2.07. The highest BCUT2D eigenvalue weighted by atomic mass is 16.6. The lowest BCUT2D eigenvalue weighted by Gasteiger charge is -2.02. The Labute approximate surface area is 78.6 Å². The molecule has 3 heteroatoms. The predicted molar refractivity (Wildman–Crippen MR) is 53.4 cm³/mol. The first-order valence-corrected chi connectivity index (χ1v) is 4.15. The molecule has 1 rings (SSSR count). The smallest absolute Gasteiger partial charge is 0.142 e. The SMILES string of the molecule is CN(C)C=NOCc1ccccc1. The van der Waals surface area contributed by atoms with Crippen LogP contribution in [0.25, 0.3) is 0 Å². The molecule has 3 nitrogen and oxygen atoms in total. The van der Waals surface area contributed by atoms with Crippen molar-refractivity contribution in [2.75, 3.05) is 14.1 Å². The normalized spacial score (nSPS) is 10.3. The molecule has 0 aromatic heterocycles. The van der Waals surface area contributed by atoms with Gasteiger partial charge >= 0.3 is 0 Å². The van der Waals surface area contributed by atoms with Crippen molar-refractivity contribution in [3.8, 4) is 0 Å². The maximum absolute atomic E-state index is 5.06. The zero-order valence-corrected chi connectivity index (χ0v) is 7.97. The van der Waals surface area contributed by atoms with Crippen molar-refractivity contribution >= 4 is 6.34 Å². The zero-order valence-electron chi connectivity index (χ0n) is 7.97. The van der Waals surface area contributed by atoms with Crippen molar-refractivity contribution in [1.82, 2.24) is 4.90 Å². The summed E-state index contributed by atoms with van der Waals surface area (Å²) in [5.41, 5.74) is 1.12. The van der Waals surface area contributed by atoms with Crippen LogP contribution in [0.1, 0.15) is 5.56 Å². The Morgan fingerprint density at radius 3 is 2.62 bits per heavy atom.